The first-order chi connectivity index (χ1) is 14.1. The maximum Gasteiger partial charge on any atom is 0.414 e. The SMILES string of the molecule is CC(CC1CN(c2ccc(C#CC3CC3CO)cc2)C(=O)O1)(C(=O)NO)S(C)(=O)=O. The van der Waals surface area contributed by atoms with Crippen LogP contribution in [0.1, 0.15) is 25.3 Å². The summed E-state index contributed by atoms with van der Waals surface area (Å²) in [4.78, 5) is 25.6. The lowest BCUT2D eigenvalue weighted by Crippen LogP contribution is -2.51. The third kappa shape index (κ3) is 4.43. The molecule has 3 rings (SSSR count). The van der Waals surface area contributed by atoms with Crippen molar-refractivity contribution in [2.75, 3.05) is 24.3 Å². The normalized spacial score (nSPS) is 25.0. The minimum absolute atomic E-state index is 0.0634. The number of nitrogens with zero attached hydrogens (tertiary/aromatic N) is 1. The van der Waals surface area contributed by atoms with E-state index in [1.807, 2.05) is 0 Å². The fraction of sp³-hybridized carbons (Fsp3) is 0.500. The topological polar surface area (TPSA) is 133 Å². The number of hydrogen-bond donors (Lipinski definition) is 3. The highest BCUT2D eigenvalue weighted by Crippen LogP contribution is 2.37. The number of cyclic esters (lactones) is 1. The Labute approximate surface area is 174 Å². The summed E-state index contributed by atoms with van der Waals surface area (Å²) >= 11 is 0. The van der Waals surface area contributed by atoms with E-state index in [0.717, 1.165) is 18.2 Å². The van der Waals surface area contributed by atoms with Gasteiger partial charge in [-0.05, 0) is 43.5 Å². The number of sulfone groups is 1. The highest BCUT2D eigenvalue weighted by molar-refractivity contribution is 7.92. The van der Waals surface area contributed by atoms with E-state index < -0.39 is 32.7 Å². The number of rotatable bonds is 6. The highest BCUT2D eigenvalue weighted by Gasteiger charge is 2.48. The molecule has 2 fully saturated rings. The van der Waals surface area contributed by atoms with Gasteiger partial charge in [-0.25, -0.2) is 18.7 Å². The molecule has 1 heterocycles. The summed E-state index contributed by atoms with van der Waals surface area (Å²) in [5.41, 5.74) is 2.71. The molecule has 0 aromatic heterocycles. The van der Waals surface area contributed by atoms with Crippen LogP contribution >= 0.6 is 0 Å². The number of hydroxylamine groups is 1. The quantitative estimate of drug-likeness (QED) is 0.339. The smallest absolute Gasteiger partial charge is 0.414 e. The summed E-state index contributed by atoms with van der Waals surface area (Å²) in [6, 6.07) is 6.94. The molecule has 0 spiro atoms. The molecule has 2 aliphatic rings. The van der Waals surface area contributed by atoms with Crippen LogP contribution in [-0.2, 0) is 19.4 Å². The van der Waals surface area contributed by atoms with Crippen LogP contribution in [0, 0.1) is 23.7 Å². The largest absolute Gasteiger partial charge is 0.444 e. The van der Waals surface area contributed by atoms with Gasteiger partial charge < -0.3 is 9.84 Å². The number of aliphatic hydroxyl groups excluding tert-OH is 1. The zero-order chi connectivity index (χ0) is 22.1. The first kappa shape index (κ1) is 22.1. The molecule has 1 aromatic carbocycles. The molecule has 1 aromatic rings. The van der Waals surface area contributed by atoms with Crippen molar-refractivity contribution in [1.29, 1.82) is 0 Å². The minimum atomic E-state index is -3.90. The number of benzene rings is 1. The van der Waals surface area contributed by atoms with Crippen LogP contribution in [0.4, 0.5) is 10.5 Å². The Kier molecular flexibility index (Phi) is 6.08. The van der Waals surface area contributed by atoms with Crippen LogP contribution in [0.3, 0.4) is 0 Å². The van der Waals surface area contributed by atoms with Crippen molar-refractivity contribution in [1.82, 2.24) is 5.48 Å². The van der Waals surface area contributed by atoms with E-state index in [0.29, 0.717) is 5.69 Å². The number of nitrogens with one attached hydrogen (secondary N) is 1. The van der Waals surface area contributed by atoms with E-state index in [2.05, 4.69) is 11.8 Å². The van der Waals surface area contributed by atoms with Gasteiger partial charge in [0, 0.05) is 36.5 Å². The van der Waals surface area contributed by atoms with Gasteiger partial charge in [0.15, 0.2) is 14.6 Å². The van der Waals surface area contributed by atoms with E-state index in [4.69, 9.17) is 15.1 Å². The molecule has 1 aliphatic carbocycles. The number of aliphatic hydroxyl groups is 1. The van der Waals surface area contributed by atoms with Crippen molar-refractivity contribution in [3.63, 3.8) is 0 Å². The molecule has 1 aliphatic heterocycles. The monoisotopic (exact) mass is 436 g/mol. The van der Waals surface area contributed by atoms with Crippen LogP contribution < -0.4 is 10.4 Å². The van der Waals surface area contributed by atoms with Gasteiger partial charge in [-0.2, -0.15) is 0 Å². The van der Waals surface area contributed by atoms with E-state index in [-0.39, 0.29) is 31.4 Å². The number of anilines is 1. The van der Waals surface area contributed by atoms with Crippen LogP contribution in [0.5, 0.6) is 0 Å². The number of carbonyl (C=O) groups is 2. The van der Waals surface area contributed by atoms with Crippen molar-refractivity contribution in [3.05, 3.63) is 29.8 Å². The second-order valence-corrected chi connectivity index (χ2v) is 10.3. The Hall–Kier alpha value is -2.61. The molecular weight excluding hydrogens is 412 g/mol. The van der Waals surface area contributed by atoms with Gasteiger partial charge >= 0.3 is 6.09 Å². The van der Waals surface area contributed by atoms with E-state index in [1.165, 1.54) is 17.3 Å². The van der Waals surface area contributed by atoms with Crippen LogP contribution in [0.2, 0.25) is 0 Å². The molecular formula is C20H24N2O7S. The Morgan fingerprint density at radius 1 is 1.37 bits per heavy atom. The fourth-order valence-corrected chi connectivity index (χ4v) is 4.20. The predicted molar refractivity (Wildman–Crippen MR) is 107 cm³/mol. The molecule has 30 heavy (non-hydrogen) atoms. The van der Waals surface area contributed by atoms with Gasteiger partial charge in [0.25, 0.3) is 5.91 Å². The van der Waals surface area contributed by atoms with Crippen molar-refractivity contribution in [2.45, 2.75) is 30.6 Å². The maximum atomic E-state index is 12.3. The number of hydrogen-bond acceptors (Lipinski definition) is 7. The van der Waals surface area contributed by atoms with Gasteiger partial charge in [-0.3, -0.25) is 14.9 Å². The number of carbonyl (C=O) groups excluding carboxylic acids is 2. The highest BCUT2D eigenvalue weighted by atomic mass is 32.2. The number of ether oxygens (including phenoxy) is 1. The Bertz CT molecular complexity index is 996. The predicted octanol–water partition coefficient (Wildman–Crippen LogP) is 0.691. The van der Waals surface area contributed by atoms with Crippen LogP contribution in [-0.4, -0.2) is 61.0 Å². The average Bonchev–Trinajstić information content (AvgIpc) is 3.38. The maximum absolute atomic E-state index is 12.3. The zero-order valence-corrected chi connectivity index (χ0v) is 17.5. The molecule has 0 bridgehead atoms. The van der Waals surface area contributed by atoms with Gasteiger partial charge in [0.1, 0.15) is 6.10 Å². The summed E-state index contributed by atoms with van der Waals surface area (Å²) in [6.45, 7) is 1.39. The first-order valence-corrected chi connectivity index (χ1v) is 11.3. The zero-order valence-electron chi connectivity index (χ0n) is 16.7. The van der Waals surface area contributed by atoms with Gasteiger partial charge in [-0.1, -0.05) is 11.8 Å². The lowest BCUT2D eigenvalue weighted by atomic mass is 10.0. The standard InChI is InChI=1S/C20H24N2O7S/c1-20(18(24)21-26,30(2,27)28)10-17-11-22(19(25)29-17)16-7-4-13(5-8-16)3-6-14-9-15(14)12-23/h4-5,7-8,14-15,17,23,26H,9-12H2,1-2H3,(H,21,24). The minimum Gasteiger partial charge on any atom is -0.444 e. The third-order valence-corrected chi connectivity index (χ3v) is 7.62. The molecule has 2 amide bonds. The Morgan fingerprint density at radius 3 is 2.57 bits per heavy atom. The molecule has 4 atom stereocenters. The first-order valence-electron chi connectivity index (χ1n) is 9.44. The summed E-state index contributed by atoms with van der Waals surface area (Å²) < 4.78 is 27.5. The van der Waals surface area contributed by atoms with Gasteiger partial charge in [0.05, 0.1) is 6.54 Å². The Morgan fingerprint density at radius 2 is 2.03 bits per heavy atom. The Balaban J connectivity index is 1.69. The fourth-order valence-electron chi connectivity index (χ4n) is 3.33. The van der Waals surface area contributed by atoms with Crippen LogP contribution in [0.25, 0.3) is 0 Å². The average molecular weight is 436 g/mol. The van der Waals surface area contributed by atoms with Crippen LogP contribution in [0.15, 0.2) is 24.3 Å². The van der Waals surface area contributed by atoms with Gasteiger partial charge in [0.2, 0.25) is 0 Å². The van der Waals surface area contributed by atoms with Crippen molar-refractivity contribution in [3.8, 4) is 11.8 Å². The molecule has 1 saturated heterocycles. The number of amides is 2. The molecule has 3 N–H and O–H groups in total. The lowest BCUT2D eigenvalue weighted by molar-refractivity contribution is -0.132. The molecule has 10 heteroatoms. The third-order valence-electron chi connectivity index (χ3n) is 5.63. The van der Waals surface area contributed by atoms with E-state index >= 15 is 0 Å². The summed E-state index contributed by atoms with van der Waals surface area (Å²) in [6.07, 6.45) is 0.00364. The summed E-state index contributed by atoms with van der Waals surface area (Å²) in [7, 11) is -3.90. The van der Waals surface area contributed by atoms with E-state index in [1.54, 1.807) is 24.3 Å². The van der Waals surface area contributed by atoms with Crippen molar-refractivity contribution in [2.24, 2.45) is 11.8 Å². The van der Waals surface area contributed by atoms with Gasteiger partial charge in [-0.15, -0.1) is 0 Å². The molecule has 9 nitrogen and oxygen atoms in total. The second kappa shape index (κ2) is 8.26. The van der Waals surface area contributed by atoms with Crippen molar-refractivity contribution >= 4 is 27.5 Å². The molecule has 1 saturated carbocycles. The molecule has 0 radical (unpaired) electrons. The lowest BCUT2D eigenvalue weighted by Gasteiger charge is -2.26. The van der Waals surface area contributed by atoms with E-state index in [9.17, 15) is 18.0 Å². The summed E-state index contributed by atoms with van der Waals surface area (Å²) in [5, 5.41) is 18.0. The molecule has 4 unspecified atom stereocenters. The summed E-state index contributed by atoms with van der Waals surface area (Å²) in [5.74, 6) is 5.56. The molecule has 162 valence electrons. The van der Waals surface area contributed by atoms with Crippen molar-refractivity contribution < 1.29 is 33.1 Å². The second-order valence-electron chi connectivity index (χ2n) is 7.87.